The number of benzene rings is 1. The molecule has 0 bridgehead atoms. The number of hydrogen-bond donors (Lipinski definition) is 2. The Bertz CT molecular complexity index is 480. The molecule has 108 valence electrons. The Morgan fingerprint density at radius 3 is 3.15 bits per heavy atom. The molecule has 1 aromatic carbocycles. The van der Waals surface area contributed by atoms with Gasteiger partial charge in [-0.1, -0.05) is 6.07 Å². The summed E-state index contributed by atoms with van der Waals surface area (Å²) in [5.74, 6) is 0.263. The minimum absolute atomic E-state index is 0.0748. The van der Waals surface area contributed by atoms with Crippen LogP contribution in [-0.2, 0) is 4.79 Å². The number of halogens is 1. The van der Waals surface area contributed by atoms with E-state index in [0.717, 1.165) is 19.6 Å². The summed E-state index contributed by atoms with van der Waals surface area (Å²) < 4.78 is 13.1. The van der Waals surface area contributed by atoms with Crippen molar-refractivity contribution >= 4 is 11.6 Å². The van der Waals surface area contributed by atoms with E-state index in [1.807, 2.05) is 0 Å². The first-order valence-corrected chi connectivity index (χ1v) is 7.22. The molecule has 2 N–H and O–H groups in total. The van der Waals surface area contributed by atoms with Crippen LogP contribution in [-0.4, -0.2) is 43.0 Å². The van der Waals surface area contributed by atoms with Gasteiger partial charge in [-0.2, -0.15) is 0 Å². The molecule has 0 aliphatic carbocycles. The highest BCUT2D eigenvalue weighted by molar-refractivity contribution is 5.92. The first kappa shape index (κ1) is 13.5. The van der Waals surface area contributed by atoms with Crippen LogP contribution in [0.25, 0.3) is 0 Å². The second kappa shape index (κ2) is 5.89. The lowest BCUT2D eigenvalue weighted by atomic mass is 9.94. The fourth-order valence-electron chi connectivity index (χ4n) is 3.24. The summed E-state index contributed by atoms with van der Waals surface area (Å²) in [6.45, 7) is 3.38. The molecule has 4 nitrogen and oxygen atoms in total. The van der Waals surface area contributed by atoms with E-state index in [1.54, 1.807) is 12.1 Å². The number of piperidine rings is 1. The quantitative estimate of drug-likeness (QED) is 0.879. The van der Waals surface area contributed by atoms with Gasteiger partial charge in [0.1, 0.15) is 5.82 Å². The number of fused-ring (bicyclic) bond motifs is 1. The maximum absolute atomic E-state index is 13.1. The maximum Gasteiger partial charge on any atom is 0.238 e. The highest BCUT2D eigenvalue weighted by Crippen LogP contribution is 2.24. The van der Waals surface area contributed by atoms with Gasteiger partial charge in [-0.05, 0) is 43.5 Å². The molecule has 2 aliphatic rings. The van der Waals surface area contributed by atoms with Crippen molar-refractivity contribution in [1.82, 2.24) is 10.2 Å². The van der Waals surface area contributed by atoms with Crippen LogP contribution in [0, 0.1) is 11.7 Å². The van der Waals surface area contributed by atoms with Crippen molar-refractivity contribution in [2.45, 2.75) is 18.9 Å². The summed E-state index contributed by atoms with van der Waals surface area (Å²) in [5, 5.41) is 6.27. The van der Waals surface area contributed by atoms with Crippen molar-refractivity contribution in [1.29, 1.82) is 0 Å². The molecule has 0 saturated carbocycles. The van der Waals surface area contributed by atoms with Gasteiger partial charge in [0.05, 0.1) is 6.54 Å². The van der Waals surface area contributed by atoms with E-state index in [1.165, 1.54) is 25.0 Å². The Balaban J connectivity index is 1.52. The fourth-order valence-corrected chi connectivity index (χ4v) is 3.24. The van der Waals surface area contributed by atoms with Gasteiger partial charge in [0.2, 0.25) is 5.91 Å². The van der Waals surface area contributed by atoms with Crippen LogP contribution in [0.5, 0.6) is 0 Å². The summed E-state index contributed by atoms with van der Waals surface area (Å²) >= 11 is 0. The third kappa shape index (κ3) is 3.16. The summed E-state index contributed by atoms with van der Waals surface area (Å²) in [7, 11) is 0. The predicted molar refractivity (Wildman–Crippen MR) is 76.0 cm³/mol. The van der Waals surface area contributed by atoms with Gasteiger partial charge in [0.25, 0.3) is 0 Å². The summed E-state index contributed by atoms with van der Waals surface area (Å²) in [6, 6.07) is 6.53. The van der Waals surface area contributed by atoms with Gasteiger partial charge in [-0.25, -0.2) is 4.39 Å². The first-order valence-electron chi connectivity index (χ1n) is 7.22. The number of carbonyl (C=O) groups excluding carboxylic acids is 1. The summed E-state index contributed by atoms with van der Waals surface area (Å²) in [4.78, 5) is 14.2. The highest BCUT2D eigenvalue weighted by atomic mass is 19.1. The zero-order valence-electron chi connectivity index (χ0n) is 11.4. The van der Waals surface area contributed by atoms with E-state index in [9.17, 15) is 9.18 Å². The van der Waals surface area contributed by atoms with E-state index in [4.69, 9.17) is 0 Å². The van der Waals surface area contributed by atoms with E-state index in [-0.39, 0.29) is 11.7 Å². The zero-order chi connectivity index (χ0) is 13.9. The topological polar surface area (TPSA) is 44.4 Å². The van der Waals surface area contributed by atoms with Crippen molar-refractivity contribution < 1.29 is 9.18 Å². The second-order valence-electron chi connectivity index (χ2n) is 5.72. The van der Waals surface area contributed by atoms with E-state index < -0.39 is 0 Å². The molecule has 20 heavy (non-hydrogen) atoms. The monoisotopic (exact) mass is 277 g/mol. The van der Waals surface area contributed by atoms with Crippen molar-refractivity contribution in [2.24, 2.45) is 5.92 Å². The fraction of sp³-hybridized carbons (Fsp3) is 0.533. The minimum Gasteiger partial charge on any atom is -0.325 e. The molecular weight excluding hydrogens is 257 g/mol. The Morgan fingerprint density at radius 1 is 1.45 bits per heavy atom. The molecule has 5 heteroatoms. The minimum atomic E-state index is -0.334. The van der Waals surface area contributed by atoms with Gasteiger partial charge in [-0.3, -0.25) is 9.69 Å². The molecule has 0 spiro atoms. The van der Waals surface area contributed by atoms with Gasteiger partial charge in [-0.15, -0.1) is 0 Å². The molecule has 1 aromatic rings. The van der Waals surface area contributed by atoms with Crippen LogP contribution in [0.2, 0.25) is 0 Å². The molecule has 2 heterocycles. The smallest absolute Gasteiger partial charge is 0.238 e. The lowest BCUT2D eigenvalue weighted by molar-refractivity contribution is -0.117. The van der Waals surface area contributed by atoms with Crippen LogP contribution in [0.4, 0.5) is 10.1 Å². The summed E-state index contributed by atoms with van der Waals surface area (Å²) in [5.41, 5.74) is 0.518. The van der Waals surface area contributed by atoms with Crippen molar-refractivity contribution in [3.63, 3.8) is 0 Å². The first-order chi connectivity index (χ1) is 9.70. The number of nitrogens with one attached hydrogen (secondary N) is 2. The molecule has 0 radical (unpaired) electrons. The van der Waals surface area contributed by atoms with Gasteiger partial charge in [0, 0.05) is 24.8 Å². The van der Waals surface area contributed by atoms with Crippen molar-refractivity contribution in [2.75, 3.05) is 31.5 Å². The molecular formula is C15H20FN3O. The van der Waals surface area contributed by atoms with Crippen LogP contribution in [0.15, 0.2) is 24.3 Å². The molecule has 0 aromatic heterocycles. The van der Waals surface area contributed by atoms with Crippen molar-refractivity contribution in [3.05, 3.63) is 30.1 Å². The second-order valence-corrected chi connectivity index (χ2v) is 5.72. The van der Waals surface area contributed by atoms with Crippen LogP contribution >= 0.6 is 0 Å². The number of carbonyl (C=O) groups is 1. The zero-order valence-corrected chi connectivity index (χ0v) is 11.4. The van der Waals surface area contributed by atoms with E-state index in [0.29, 0.717) is 24.2 Å². The summed E-state index contributed by atoms with van der Waals surface area (Å²) in [6.07, 6.45) is 2.48. The van der Waals surface area contributed by atoms with Gasteiger partial charge < -0.3 is 10.6 Å². The average molecular weight is 277 g/mol. The SMILES string of the molecule is O=C(CN1CC2CCCNC2C1)Nc1cccc(F)c1. The Hall–Kier alpha value is -1.46. The third-order valence-corrected chi connectivity index (χ3v) is 4.15. The van der Waals surface area contributed by atoms with Gasteiger partial charge in [0.15, 0.2) is 0 Å². The van der Waals surface area contributed by atoms with Crippen LogP contribution in [0.1, 0.15) is 12.8 Å². The Labute approximate surface area is 118 Å². The van der Waals surface area contributed by atoms with Crippen molar-refractivity contribution in [3.8, 4) is 0 Å². The maximum atomic E-state index is 13.1. The number of amides is 1. The highest BCUT2D eigenvalue weighted by Gasteiger charge is 2.34. The molecule has 2 aliphatic heterocycles. The Kier molecular flexibility index (Phi) is 3.98. The molecule has 3 rings (SSSR count). The molecule has 2 unspecified atom stereocenters. The standard InChI is InChI=1S/C15H20FN3O/c16-12-4-1-5-13(7-12)18-15(20)10-19-8-11-3-2-6-17-14(11)9-19/h1,4-5,7,11,14,17H,2-3,6,8-10H2,(H,18,20). The molecule has 2 fully saturated rings. The third-order valence-electron chi connectivity index (χ3n) is 4.15. The molecule has 2 atom stereocenters. The predicted octanol–water partition coefficient (Wildman–Crippen LogP) is 1.45. The van der Waals surface area contributed by atoms with Crippen LogP contribution in [0.3, 0.4) is 0 Å². The number of rotatable bonds is 3. The number of likely N-dealkylation sites (tertiary alicyclic amines) is 1. The average Bonchev–Trinajstić information content (AvgIpc) is 2.80. The van der Waals surface area contributed by atoms with E-state index in [2.05, 4.69) is 15.5 Å². The van der Waals surface area contributed by atoms with Gasteiger partial charge >= 0.3 is 0 Å². The number of nitrogens with zero attached hydrogens (tertiary/aromatic N) is 1. The molecule has 2 saturated heterocycles. The van der Waals surface area contributed by atoms with E-state index >= 15 is 0 Å². The van der Waals surface area contributed by atoms with Crippen LogP contribution < -0.4 is 10.6 Å². The number of hydrogen-bond acceptors (Lipinski definition) is 3. The lowest BCUT2D eigenvalue weighted by Crippen LogP contribution is -2.41. The number of anilines is 1. The largest absolute Gasteiger partial charge is 0.325 e. The molecule has 1 amide bonds. The lowest BCUT2D eigenvalue weighted by Gasteiger charge is -2.24. The normalized spacial score (nSPS) is 26.2. The Morgan fingerprint density at radius 2 is 2.35 bits per heavy atom.